The molecule has 2 aromatic rings. The summed E-state index contributed by atoms with van der Waals surface area (Å²) in [6.45, 7) is -0.365. The first kappa shape index (κ1) is 18.0. The Hall–Kier alpha value is -2.30. The van der Waals surface area contributed by atoms with E-state index < -0.39 is 11.9 Å². The highest BCUT2D eigenvalue weighted by molar-refractivity contribution is 9.10. The molecule has 24 heavy (non-hydrogen) atoms. The average Bonchev–Trinajstić information content (AvgIpc) is 2.59. The van der Waals surface area contributed by atoms with Gasteiger partial charge in [0, 0.05) is 15.1 Å². The van der Waals surface area contributed by atoms with Gasteiger partial charge in [0.1, 0.15) is 0 Å². The molecule has 122 valence electrons. The lowest BCUT2D eigenvalue weighted by Crippen LogP contribution is -2.21. The summed E-state index contributed by atoms with van der Waals surface area (Å²) in [5.41, 5.74) is 0.926. The van der Waals surface area contributed by atoms with Gasteiger partial charge in [-0.1, -0.05) is 22.0 Å². The number of hydrogen-bond donors (Lipinski definition) is 1. The van der Waals surface area contributed by atoms with Gasteiger partial charge in [-0.2, -0.15) is 5.26 Å². The molecule has 1 N–H and O–H groups in total. The Morgan fingerprint density at radius 1 is 1.21 bits per heavy atom. The number of amides is 1. The van der Waals surface area contributed by atoms with E-state index in [2.05, 4.69) is 21.2 Å². The Morgan fingerprint density at radius 3 is 2.67 bits per heavy atom. The van der Waals surface area contributed by atoms with Gasteiger partial charge in [-0.3, -0.25) is 9.59 Å². The lowest BCUT2D eigenvalue weighted by atomic mass is 10.2. The van der Waals surface area contributed by atoms with E-state index in [0.717, 1.165) is 9.37 Å². The van der Waals surface area contributed by atoms with Gasteiger partial charge >= 0.3 is 5.97 Å². The van der Waals surface area contributed by atoms with Gasteiger partial charge in [0.05, 0.1) is 17.4 Å². The summed E-state index contributed by atoms with van der Waals surface area (Å²) in [6.07, 6.45) is 0. The topological polar surface area (TPSA) is 79.2 Å². The maximum atomic E-state index is 11.7. The van der Waals surface area contributed by atoms with E-state index in [1.807, 2.05) is 30.3 Å². The van der Waals surface area contributed by atoms with E-state index in [9.17, 15) is 9.59 Å². The summed E-state index contributed by atoms with van der Waals surface area (Å²) in [5, 5.41) is 11.4. The van der Waals surface area contributed by atoms with Gasteiger partial charge in [-0.15, -0.1) is 11.8 Å². The van der Waals surface area contributed by atoms with E-state index >= 15 is 0 Å². The number of thioether (sulfide) groups is 1. The zero-order valence-electron chi connectivity index (χ0n) is 12.5. The van der Waals surface area contributed by atoms with Crippen molar-refractivity contribution in [2.45, 2.75) is 4.90 Å². The van der Waals surface area contributed by atoms with E-state index in [-0.39, 0.29) is 12.4 Å². The van der Waals surface area contributed by atoms with Gasteiger partial charge in [0.2, 0.25) is 0 Å². The van der Waals surface area contributed by atoms with E-state index in [0.29, 0.717) is 11.3 Å². The quantitative estimate of drug-likeness (QED) is 0.587. The van der Waals surface area contributed by atoms with Gasteiger partial charge in [-0.25, -0.2) is 0 Å². The molecule has 0 aliphatic rings. The van der Waals surface area contributed by atoms with Crippen LogP contribution in [0.2, 0.25) is 0 Å². The van der Waals surface area contributed by atoms with Crippen molar-refractivity contribution < 1.29 is 14.3 Å². The molecule has 0 saturated carbocycles. The van der Waals surface area contributed by atoms with Crippen LogP contribution in [0.15, 0.2) is 57.9 Å². The molecule has 0 unspecified atom stereocenters. The molecule has 0 aliphatic heterocycles. The maximum Gasteiger partial charge on any atom is 0.316 e. The fraction of sp³-hybridized carbons (Fsp3) is 0.118. The fourth-order valence-electron chi connectivity index (χ4n) is 1.72. The van der Waals surface area contributed by atoms with Crippen LogP contribution in [0.3, 0.4) is 0 Å². The van der Waals surface area contributed by atoms with Crippen molar-refractivity contribution in [3.05, 3.63) is 58.6 Å². The number of ether oxygens (including phenoxy) is 1. The molecule has 7 heteroatoms. The van der Waals surface area contributed by atoms with Gasteiger partial charge in [0.25, 0.3) is 5.91 Å². The second-order valence-electron chi connectivity index (χ2n) is 4.64. The molecule has 0 radical (unpaired) electrons. The average molecular weight is 405 g/mol. The largest absolute Gasteiger partial charge is 0.455 e. The summed E-state index contributed by atoms with van der Waals surface area (Å²) >= 11 is 4.67. The lowest BCUT2D eigenvalue weighted by Gasteiger charge is -2.07. The molecule has 0 saturated heterocycles. The van der Waals surface area contributed by atoms with Crippen molar-refractivity contribution in [1.82, 2.24) is 0 Å². The molecule has 0 aliphatic carbocycles. The van der Waals surface area contributed by atoms with Crippen molar-refractivity contribution in [3.63, 3.8) is 0 Å². The Morgan fingerprint density at radius 2 is 1.96 bits per heavy atom. The zero-order valence-corrected chi connectivity index (χ0v) is 14.9. The van der Waals surface area contributed by atoms with Crippen molar-refractivity contribution >= 4 is 45.3 Å². The van der Waals surface area contributed by atoms with E-state index in [4.69, 9.17) is 10.00 Å². The first-order valence-electron chi connectivity index (χ1n) is 6.91. The first-order chi connectivity index (χ1) is 11.6. The minimum Gasteiger partial charge on any atom is -0.455 e. The second kappa shape index (κ2) is 9.11. The van der Waals surface area contributed by atoms with Crippen molar-refractivity contribution in [1.29, 1.82) is 5.26 Å². The third kappa shape index (κ3) is 6.07. The Balaban J connectivity index is 1.73. The Bertz CT molecular complexity index is 772. The molecule has 0 spiro atoms. The molecule has 2 aromatic carbocycles. The zero-order chi connectivity index (χ0) is 17.4. The minimum atomic E-state index is -0.469. The smallest absolute Gasteiger partial charge is 0.316 e. The number of halogens is 1. The van der Waals surface area contributed by atoms with Crippen LogP contribution in [0, 0.1) is 11.3 Å². The molecular weight excluding hydrogens is 392 g/mol. The third-order valence-corrected chi connectivity index (χ3v) is 4.32. The molecule has 0 heterocycles. The predicted molar refractivity (Wildman–Crippen MR) is 95.6 cm³/mol. The fourth-order valence-corrected chi connectivity index (χ4v) is 2.69. The number of carbonyl (C=O) groups is 2. The Labute approximate surface area is 152 Å². The number of benzene rings is 2. The molecular formula is C17H13BrN2O3S. The highest BCUT2D eigenvalue weighted by Gasteiger charge is 2.09. The number of nitrogens with one attached hydrogen (secondary N) is 1. The number of nitrogens with zero attached hydrogens (tertiary/aromatic N) is 1. The number of hydrogen-bond acceptors (Lipinski definition) is 5. The highest BCUT2D eigenvalue weighted by atomic mass is 79.9. The molecule has 2 rings (SSSR count). The molecule has 0 bridgehead atoms. The number of esters is 1. The molecule has 1 amide bonds. The first-order valence-corrected chi connectivity index (χ1v) is 8.68. The molecule has 0 atom stereocenters. The van der Waals surface area contributed by atoms with E-state index in [1.54, 1.807) is 24.3 Å². The minimum absolute atomic E-state index is 0.124. The molecule has 0 aromatic heterocycles. The van der Waals surface area contributed by atoms with Crippen molar-refractivity contribution in [2.24, 2.45) is 0 Å². The Kier molecular flexibility index (Phi) is 6.85. The van der Waals surface area contributed by atoms with Gasteiger partial charge in [0.15, 0.2) is 6.61 Å². The number of rotatable bonds is 6. The number of anilines is 1. The van der Waals surface area contributed by atoms with Crippen LogP contribution in [-0.4, -0.2) is 24.2 Å². The van der Waals surface area contributed by atoms with Crippen LogP contribution in [-0.2, 0) is 14.3 Å². The van der Waals surface area contributed by atoms with Crippen molar-refractivity contribution in [2.75, 3.05) is 17.7 Å². The number of nitriles is 1. The van der Waals surface area contributed by atoms with Crippen LogP contribution in [0.5, 0.6) is 0 Å². The van der Waals surface area contributed by atoms with Crippen LogP contribution < -0.4 is 5.32 Å². The third-order valence-electron chi connectivity index (χ3n) is 2.81. The monoisotopic (exact) mass is 404 g/mol. The molecule has 0 fully saturated rings. The summed E-state index contributed by atoms with van der Waals surface area (Å²) in [4.78, 5) is 24.3. The van der Waals surface area contributed by atoms with E-state index in [1.165, 1.54) is 11.8 Å². The normalized spacial score (nSPS) is 9.83. The standard InChI is InChI=1S/C17H13BrN2O3S/c18-13-4-6-15(7-5-13)24-11-17(22)23-10-16(21)20-14-3-1-2-12(8-14)9-19/h1-8H,10-11H2,(H,20,21). The number of carbonyl (C=O) groups excluding carboxylic acids is 2. The molecule has 5 nitrogen and oxygen atoms in total. The summed E-state index contributed by atoms with van der Waals surface area (Å²) in [5.74, 6) is -0.797. The maximum absolute atomic E-state index is 11.7. The second-order valence-corrected chi connectivity index (χ2v) is 6.61. The summed E-state index contributed by atoms with van der Waals surface area (Å²) in [6, 6.07) is 16.0. The highest BCUT2D eigenvalue weighted by Crippen LogP contribution is 2.20. The van der Waals surface area contributed by atoms with Crippen LogP contribution in [0.4, 0.5) is 5.69 Å². The SMILES string of the molecule is N#Cc1cccc(NC(=O)COC(=O)CSc2ccc(Br)cc2)c1. The van der Waals surface area contributed by atoms with Crippen LogP contribution >= 0.6 is 27.7 Å². The predicted octanol–water partition coefficient (Wildman–Crippen LogP) is 3.59. The van der Waals surface area contributed by atoms with Crippen molar-refractivity contribution in [3.8, 4) is 6.07 Å². The van der Waals surface area contributed by atoms with Gasteiger partial charge in [-0.05, 0) is 42.5 Å². The lowest BCUT2D eigenvalue weighted by molar-refractivity contribution is -0.144. The van der Waals surface area contributed by atoms with Crippen LogP contribution in [0.1, 0.15) is 5.56 Å². The summed E-state index contributed by atoms with van der Waals surface area (Å²) < 4.78 is 5.90. The van der Waals surface area contributed by atoms with Crippen LogP contribution in [0.25, 0.3) is 0 Å². The summed E-state index contributed by atoms with van der Waals surface area (Å²) in [7, 11) is 0. The van der Waals surface area contributed by atoms with Gasteiger partial charge < -0.3 is 10.1 Å².